The van der Waals surface area contributed by atoms with Gasteiger partial charge in [-0.05, 0) is 48.3 Å². The summed E-state index contributed by atoms with van der Waals surface area (Å²) in [4.78, 5) is 12.3. The summed E-state index contributed by atoms with van der Waals surface area (Å²) in [6.45, 7) is 7.01. The molecule has 0 aromatic carbocycles. The first-order chi connectivity index (χ1) is 7.47. The third kappa shape index (κ3) is 1.15. The van der Waals surface area contributed by atoms with Gasteiger partial charge >= 0.3 is 0 Å². The molecule has 0 radical (unpaired) electrons. The molecule has 0 saturated heterocycles. The minimum atomic E-state index is 0.330. The van der Waals surface area contributed by atoms with Crippen molar-refractivity contribution in [1.82, 2.24) is 0 Å². The van der Waals surface area contributed by atoms with E-state index in [-0.39, 0.29) is 0 Å². The summed E-state index contributed by atoms with van der Waals surface area (Å²) in [6, 6.07) is 0. The van der Waals surface area contributed by atoms with Crippen LogP contribution in [0.2, 0.25) is 0 Å². The van der Waals surface area contributed by atoms with Crippen LogP contribution in [0.5, 0.6) is 0 Å². The summed E-state index contributed by atoms with van der Waals surface area (Å²) in [5.74, 6) is 2.60. The lowest BCUT2D eigenvalue weighted by atomic mass is 9.39. The third-order valence-corrected chi connectivity index (χ3v) is 5.72. The third-order valence-electron chi connectivity index (χ3n) is 5.72. The maximum absolute atomic E-state index is 12.3. The number of rotatable bonds is 0. The summed E-state index contributed by atoms with van der Waals surface area (Å²) >= 11 is 0. The van der Waals surface area contributed by atoms with Gasteiger partial charge in [0.1, 0.15) is 5.78 Å². The van der Waals surface area contributed by atoms with Crippen molar-refractivity contribution in [3.05, 3.63) is 0 Å². The van der Waals surface area contributed by atoms with Crippen LogP contribution in [0.3, 0.4) is 0 Å². The molecule has 3 fully saturated rings. The van der Waals surface area contributed by atoms with E-state index in [4.69, 9.17) is 0 Å². The largest absolute Gasteiger partial charge is 0.299 e. The van der Waals surface area contributed by atoms with Crippen LogP contribution in [0.25, 0.3) is 0 Å². The first-order valence-electron chi connectivity index (χ1n) is 6.99. The monoisotopic (exact) mass is 220 g/mol. The minimum Gasteiger partial charge on any atom is -0.299 e. The molecule has 0 unspecified atom stereocenters. The first-order valence-corrected chi connectivity index (χ1v) is 6.99. The summed E-state index contributed by atoms with van der Waals surface area (Å²) in [7, 11) is 0. The van der Waals surface area contributed by atoms with E-state index in [1.807, 2.05) is 0 Å². The summed E-state index contributed by atoms with van der Waals surface area (Å²) in [5, 5.41) is 0. The molecule has 0 N–H and O–H groups in total. The van der Waals surface area contributed by atoms with E-state index >= 15 is 0 Å². The molecule has 0 amide bonds. The SMILES string of the molecule is CC(C)(C)[C@H]1[C@H]2CCC[C@]23CCCC(=O)[C@H]13. The Labute approximate surface area is 99.0 Å². The first kappa shape index (κ1) is 10.8. The van der Waals surface area contributed by atoms with Gasteiger partial charge in [-0.25, -0.2) is 0 Å². The van der Waals surface area contributed by atoms with Gasteiger partial charge in [-0.15, -0.1) is 0 Å². The highest BCUT2D eigenvalue weighted by Crippen LogP contribution is 2.72. The molecular formula is C15H24O. The van der Waals surface area contributed by atoms with Gasteiger partial charge in [-0.3, -0.25) is 4.79 Å². The van der Waals surface area contributed by atoms with Gasteiger partial charge in [0.25, 0.3) is 0 Å². The lowest BCUT2D eigenvalue weighted by molar-refractivity contribution is -0.182. The Balaban J connectivity index is 1.96. The van der Waals surface area contributed by atoms with Crippen molar-refractivity contribution in [2.24, 2.45) is 28.6 Å². The van der Waals surface area contributed by atoms with E-state index in [2.05, 4.69) is 20.8 Å². The van der Waals surface area contributed by atoms with Crippen LogP contribution in [-0.2, 0) is 4.79 Å². The van der Waals surface area contributed by atoms with Gasteiger partial charge in [0.2, 0.25) is 0 Å². The fraction of sp³-hybridized carbons (Fsp3) is 0.933. The maximum Gasteiger partial charge on any atom is 0.136 e. The van der Waals surface area contributed by atoms with E-state index in [1.165, 1.54) is 32.1 Å². The zero-order valence-corrected chi connectivity index (χ0v) is 10.9. The molecule has 3 aliphatic rings. The number of carbonyl (C=O) groups excluding carboxylic acids is 1. The predicted molar refractivity (Wildman–Crippen MR) is 65.1 cm³/mol. The van der Waals surface area contributed by atoms with Gasteiger partial charge in [0.05, 0.1) is 0 Å². The van der Waals surface area contributed by atoms with Crippen LogP contribution in [0.15, 0.2) is 0 Å². The molecule has 4 atom stereocenters. The van der Waals surface area contributed by atoms with Crippen LogP contribution < -0.4 is 0 Å². The van der Waals surface area contributed by atoms with Crippen LogP contribution in [0, 0.1) is 28.6 Å². The van der Waals surface area contributed by atoms with Crippen LogP contribution in [0.4, 0.5) is 0 Å². The molecule has 3 aliphatic carbocycles. The van der Waals surface area contributed by atoms with E-state index in [0.717, 1.165) is 12.3 Å². The normalized spacial score (nSPS) is 47.2. The molecule has 1 heteroatoms. The fourth-order valence-corrected chi connectivity index (χ4v) is 5.36. The highest BCUT2D eigenvalue weighted by Gasteiger charge is 2.68. The highest BCUT2D eigenvalue weighted by molar-refractivity contribution is 5.84. The van der Waals surface area contributed by atoms with Gasteiger partial charge < -0.3 is 0 Å². The Morgan fingerprint density at radius 1 is 1.19 bits per heavy atom. The number of hydrogen-bond acceptors (Lipinski definition) is 1. The molecule has 3 saturated carbocycles. The van der Waals surface area contributed by atoms with Crippen LogP contribution in [-0.4, -0.2) is 5.78 Å². The highest BCUT2D eigenvalue weighted by atomic mass is 16.1. The topological polar surface area (TPSA) is 17.1 Å². The molecule has 0 aromatic rings. The van der Waals surface area contributed by atoms with Gasteiger partial charge in [0.15, 0.2) is 0 Å². The summed E-state index contributed by atoms with van der Waals surface area (Å²) in [6.07, 6.45) is 7.50. The molecule has 16 heavy (non-hydrogen) atoms. The minimum absolute atomic E-state index is 0.330. The Kier molecular flexibility index (Phi) is 2.10. The lowest BCUT2D eigenvalue weighted by Gasteiger charge is -2.64. The molecule has 90 valence electrons. The number of carbonyl (C=O) groups is 1. The summed E-state index contributed by atoms with van der Waals surface area (Å²) < 4.78 is 0. The number of hydrogen-bond donors (Lipinski definition) is 0. The molecule has 0 bridgehead atoms. The van der Waals surface area contributed by atoms with Gasteiger partial charge in [0, 0.05) is 12.3 Å². The second-order valence-electron chi connectivity index (χ2n) is 7.42. The smallest absolute Gasteiger partial charge is 0.136 e. The molecule has 0 aromatic heterocycles. The average Bonchev–Trinajstić information content (AvgIpc) is 2.45. The van der Waals surface area contributed by atoms with Crippen molar-refractivity contribution >= 4 is 5.78 Å². The molecule has 3 rings (SSSR count). The molecular weight excluding hydrogens is 196 g/mol. The second kappa shape index (κ2) is 3.11. The van der Waals surface area contributed by atoms with Gasteiger partial charge in [-0.1, -0.05) is 27.2 Å². The van der Waals surface area contributed by atoms with Crippen molar-refractivity contribution in [3.8, 4) is 0 Å². The fourth-order valence-electron chi connectivity index (χ4n) is 5.36. The van der Waals surface area contributed by atoms with E-state index < -0.39 is 0 Å². The van der Waals surface area contributed by atoms with E-state index in [1.54, 1.807) is 0 Å². The van der Waals surface area contributed by atoms with Crippen LogP contribution >= 0.6 is 0 Å². The molecule has 1 spiro atoms. The summed E-state index contributed by atoms with van der Waals surface area (Å²) in [5.41, 5.74) is 0.809. The average molecular weight is 220 g/mol. The number of ketones is 1. The van der Waals surface area contributed by atoms with Crippen molar-refractivity contribution in [1.29, 1.82) is 0 Å². The Morgan fingerprint density at radius 2 is 1.88 bits per heavy atom. The van der Waals surface area contributed by atoms with Gasteiger partial charge in [-0.2, -0.15) is 0 Å². The maximum atomic E-state index is 12.3. The van der Waals surface area contributed by atoms with Crippen molar-refractivity contribution in [2.75, 3.05) is 0 Å². The predicted octanol–water partition coefficient (Wildman–Crippen LogP) is 3.82. The lowest BCUT2D eigenvalue weighted by Crippen LogP contribution is -2.62. The standard InChI is InChI=1S/C15H24O/c1-14(2,3)12-10-6-4-8-15(10)9-5-7-11(16)13(12)15/h10,12-13H,4-9H2,1-3H3/t10-,12+,13-,15+/m1/s1. The van der Waals surface area contributed by atoms with E-state index in [0.29, 0.717) is 28.4 Å². The van der Waals surface area contributed by atoms with Crippen molar-refractivity contribution in [3.63, 3.8) is 0 Å². The molecule has 0 heterocycles. The second-order valence-corrected chi connectivity index (χ2v) is 7.42. The molecule has 1 nitrogen and oxygen atoms in total. The van der Waals surface area contributed by atoms with Crippen LogP contribution in [0.1, 0.15) is 59.3 Å². The Morgan fingerprint density at radius 3 is 2.56 bits per heavy atom. The zero-order valence-electron chi connectivity index (χ0n) is 10.9. The zero-order chi connectivity index (χ0) is 11.6. The van der Waals surface area contributed by atoms with E-state index in [9.17, 15) is 4.79 Å². The van der Waals surface area contributed by atoms with Crippen molar-refractivity contribution < 1.29 is 4.79 Å². The van der Waals surface area contributed by atoms with Crippen molar-refractivity contribution in [2.45, 2.75) is 59.3 Å². The quantitative estimate of drug-likeness (QED) is 0.606. The Hall–Kier alpha value is -0.330. The Bertz CT molecular complexity index is 325. The molecule has 0 aliphatic heterocycles. The number of Topliss-reactive ketones (excluding diaryl/α,β-unsaturated/α-hetero) is 1.